The first kappa shape index (κ1) is 13.8. The third-order valence-electron chi connectivity index (χ3n) is 2.24. The van der Waals surface area contributed by atoms with Gasteiger partial charge in [0.2, 0.25) is 0 Å². The molecule has 4 N–H and O–H groups in total. The van der Waals surface area contributed by atoms with Gasteiger partial charge in [-0.25, -0.2) is 5.84 Å². The van der Waals surface area contributed by atoms with Crippen LogP contribution in [0, 0.1) is 0 Å². The first-order valence-corrected chi connectivity index (χ1v) is 5.12. The number of carbonyl (C=O) groups is 2. The molecule has 0 saturated heterocycles. The second-order valence-electron chi connectivity index (χ2n) is 3.35. The maximum absolute atomic E-state index is 11.2. The fourth-order valence-electron chi connectivity index (χ4n) is 1.32. The van der Waals surface area contributed by atoms with E-state index in [1.54, 1.807) is 23.6 Å². The summed E-state index contributed by atoms with van der Waals surface area (Å²) < 4.78 is 10.2. The number of hydrogen-bond donors (Lipinski definition) is 3. The first-order chi connectivity index (χ1) is 8.62. The van der Waals surface area contributed by atoms with Gasteiger partial charge in [-0.1, -0.05) is 6.07 Å². The Labute approximate surface area is 104 Å². The van der Waals surface area contributed by atoms with E-state index in [9.17, 15) is 9.59 Å². The number of rotatable bonds is 4. The average Bonchev–Trinajstić information content (AvgIpc) is 2.43. The fraction of sp³-hybridized carbons (Fsp3) is 0.273. The Kier molecular flexibility index (Phi) is 4.94. The molecular formula is C11H15N3O4. The molecule has 1 aromatic rings. The zero-order valence-corrected chi connectivity index (χ0v) is 10.1. The minimum absolute atomic E-state index is 0.187. The van der Waals surface area contributed by atoms with Crippen LogP contribution in [0.5, 0.6) is 11.5 Å². The Balaban J connectivity index is 2.68. The number of benzene rings is 1. The second kappa shape index (κ2) is 6.45. The molecule has 0 aromatic heterocycles. The summed E-state index contributed by atoms with van der Waals surface area (Å²) in [6.07, 6.45) is 0. The predicted molar refractivity (Wildman–Crippen MR) is 63.7 cm³/mol. The summed E-state index contributed by atoms with van der Waals surface area (Å²) in [5.74, 6) is 4.28. The monoisotopic (exact) mass is 253 g/mol. The molecule has 7 nitrogen and oxygen atoms in total. The van der Waals surface area contributed by atoms with Crippen molar-refractivity contribution in [3.63, 3.8) is 0 Å². The molecule has 0 aliphatic rings. The van der Waals surface area contributed by atoms with Gasteiger partial charge in [-0.05, 0) is 17.7 Å². The van der Waals surface area contributed by atoms with Gasteiger partial charge in [-0.3, -0.25) is 15.0 Å². The Bertz CT molecular complexity index is 448. The van der Waals surface area contributed by atoms with Crippen molar-refractivity contribution < 1.29 is 19.1 Å². The zero-order chi connectivity index (χ0) is 13.5. The van der Waals surface area contributed by atoms with Gasteiger partial charge < -0.3 is 14.8 Å². The maximum Gasteiger partial charge on any atom is 0.323 e. The lowest BCUT2D eigenvalue weighted by molar-refractivity contribution is -0.139. The van der Waals surface area contributed by atoms with Crippen molar-refractivity contribution in [2.75, 3.05) is 14.2 Å². The van der Waals surface area contributed by atoms with Crippen molar-refractivity contribution in [1.82, 2.24) is 10.7 Å². The lowest BCUT2D eigenvalue weighted by atomic mass is 10.2. The van der Waals surface area contributed by atoms with Crippen molar-refractivity contribution >= 4 is 11.8 Å². The number of carbonyl (C=O) groups excluding carboxylic acids is 2. The molecule has 0 aliphatic carbocycles. The summed E-state index contributed by atoms with van der Waals surface area (Å²) in [6.45, 7) is 0.187. The van der Waals surface area contributed by atoms with Gasteiger partial charge in [0.25, 0.3) is 0 Å². The summed E-state index contributed by atoms with van der Waals surface area (Å²) in [4.78, 5) is 22.0. The Morgan fingerprint density at radius 2 is 1.83 bits per heavy atom. The molecule has 0 aliphatic heterocycles. The summed E-state index contributed by atoms with van der Waals surface area (Å²) in [5.41, 5.74) is 2.52. The van der Waals surface area contributed by atoms with Crippen LogP contribution in [-0.4, -0.2) is 26.0 Å². The van der Waals surface area contributed by atoms with E-state index in [0.717, 1.165) is 5.56 Å². The van der Waals surface area contributed by atoms with Crippen molar-refractivity contribution in [2.24, 2.45) is 5.84 Å². The second-order valence-corrected chi connectivity index (χ2v) is 3.35. The van der Waals surface area contributed by atoms with Crippen LogP contribution in [0.1, 0.15) is 5.56 Å². The topological polar surface area (TPSA) is 103 Å². The van der Waals surface area contributed by atoms with Gasteiger partial charge in [0.1, 0.15) is 0 Å². The van der Waals surface area contributed by atoms with Gasteiger partial charge in [-0.2, -0.15) is 0 Å². The Morgan fingerprint density at radius 3 is 2.39 bits per heavy atom. The highest BCUT2D eigenvalue weighted by Gasteiger charge is 2.11. The highest BCUT2D eigenvalue weighted by Crippen LogP contribution is 2.27. The predicted octanol–water partition coefficient (Wildman–Crippen LogP) is -0.690. The van der Waals surface area contributed by atoms with E-state index in [2.05, 4.69) is 5.32 Å². The normalized spacial score (nSPS) is 9.50. The third-order valence-corrected chi connectivity index (χ3v) is 2.24. The van der Waals surface area contributed by atoms with Crippen LogP contribution >= 0.6 is 0 Å². The van der Waals surface area contributed by atoms with E-state index < -0.39 is 11.8 Å². The molecule has 0 spiro atoms. The lowest BCUT2D eigenvalue weighted by Crippen LogP contribution is -2.42. The SMILES string of the molecule is COc1ccc(CNC(=O)C(=O)NN)cc1OC. The van der Waals surface area contributed by atoms with E-state index in [4.69, 9.17) is 15.3 Å². The molecule has 0 unspecified atom stereocenters. The van der Waals surface area contributed by atoms with Crippen LogP contribution in [0.3, 0.4) is 0 Å². The zero-order valence-electron chi connectivity index (χ0n) is 10.1. The van der Waals surface area contributed by atoms with E-state index in [-0.39, 0.29) is 6.54 Å². The van der Waals surface area contributed by atoms with Gasteiger partial charge in [0.05, 0.1) is 14.2 Å². The van der Waals surface area contributed by atoms with E-state index in [0.29, 0.717) is 11.5 Å². The molecule has 0 radical (unpaired) electrons. The number of nitrogens with one attached hydrogen (secondary N) is 2. The molecular weight excluding hydrogens is 238 g/mol. The van der Waals surface area contributed by atoms with Crippen LogP contribution in [-0.2, 0) is 16.1 Å². The highest BCUT2D eigenvalue weighted by molar-refractivity contribution is 6.34. The largest absolute Gasteiger partial charge is 0.493 e. The summed E-state index contributed by atoms with van der Waals surface area (Å²) in [6, 6.07) is 5.17. The summed E-state index contributed by atoms with van der Waals surface area (Å²) in [7, 11) is 3.05. The number of amides is 2. The van der Waals surface area contributed by atoms with Crippen molar-refractivity contribution in [3.05, 3.63) is 23.8 Å². The van der Waals surface area contributed by atoms with Crippen LogP contribution in [0.2, 0.25) is 0 Å². The molecule has 1 aromatic carbocycles. The molecule has 18 heavy (non-hydrogen) atoms. The number of nitrogens with two attached hydrogens (primary N) is 1. The van der Waals surface area contributed by atoms with Crippen LogP contribution < -0.4 is 26.1 Å². The van der Waals surface area contributed by atoms with Gasteiger partial charge in [0.15, 0.2) is 11.5 Å². The van der Waals surface area contributed by atoms with Crippen molar-refractivity contribution in [3.8, 4) is 11.5 Å². The van der Waals surface area contributed by atoms with E-state index >= 15 is 0 Å². The van der Waals surface area contributed by atoms with Gasteiger partial charge >= 0.3 is 11.8 Å². The minimum atomic E-state index is -0.893. The van der Waals surface area contributed by atoms with Crippen LogP contribution in [0.15, 0.2) is 18.2 Å². The highest BCUT2D eigenvalue weighted by atomic mass is 16.5. The molecule has 0 atom stereocenters. The molecule has 0 heterocycles. The number of hydrazine groups is 1. The number of methoxy groups -OCH3 is 2. The van der Waals surface area contributed by atoms with E-state index in [1.807, 2.05) is 0 Å². The molecule has 0 fully saturated rings. The Hall–Kier alpha value is -2.28. The van der Waals surface area contributed by atoms with Crippen LogP contribution in [0.4, 0.5) is 0 Å². The van der Waals surface area contributed by atoms with Crippen molar-refractivity contribution in [1.29, 1.82) is 0 Å². The fourth-order valence-corrected chi connectivity index (χ4v) is 1.32. The maximum atomic E-state index is 11.2. The van der Waals surface area contributed by atoms with Crippen molar-refractivity contribution in [2.45, 2.75) is 6.54 Å². The molecule has 0 saturated carbocycles. The molecule has 1 rings (SSSR count). The standard InChI is InChI=1S/C11H15N3O4/c1-17-8-4-3-7(5-9(8)18-2)6-13-10(15)11(16)14-12/h3-5H,6,12H2,1-2H3,(H,13,15)(H,14,16). The molecule has 98 valence electrons. The number of ether oxygens (including phenoxy) is 2. The summed E-state index contributed by atoms with van der Waals surface area (Å²) >= 11 is 0. The molecule has 0 bridgehead atoms. The summed E-state index contributed by atoms with van der Waals surface area (Å²) in [5, 5.41) is 2.41. The minimum Gasteiger partial charge on any atom is -0.493 e. The van der Waals surface area contributed by atoms with Crippen LogP contribution in [0.25, 0.3) is 0 Å². The quantitative estimate of drug-likeness (QED) is 0.285. The molecule has 7 heteroatoms. The van der Waals surface area contributed by atoms with E-state index in [1.165, 1.54) is 14.2 Å². The third kappa shape index (κ3) is 3.36. The molecule has 2 amide bonds. The van der Waals surface area contributed by atoms with Gasteiger partial charge in [-0.15, -0.1) is 0 Å². The first-order valence-electron chi connectivity index (χ1n) is 5.12. The average molecular weight is 253 g/mol. The Morgan fingerprint density at radius 1 is 1.17 bits per heavy atom. The van der Waals surface area contributed by atoms with Gasteiger partial charge in [0, 0.05) is 6.54 Å². The lowest BCUT2D eigenvalue weighted by Gasteiger charge is -2.10. The smallest absolute Gasteiger partial charge is 0.323 e. The number of hydrogen-bond acceptors (Lipinski definition) is 5.